The molecule has 3 rings (SSSR count). The van der Waals surface area contributed by atoms with Gasteiger partial charge in [-0.3, -0.25) is 9.59 Å². The fraction of sp³-hybridized carbons (Fsp3) is 0.882. The second kappa shape index (κ2) is 5.62. The molecule has 1 saturated carbocycles. The van der Waals surface area contributed by atoms with Gasteiger partial charge in [-0.15, -0.1) is 0 Å². The molecule has 4 heteroatoms. The Kier molecular flexibility index (Phi) is 3.98. The molecule has 3 aliphatic rings. The minimum Gasteiger partial charge on any atom is -0.329 e. The van der Waals surface area contributed by atoms with E-state index < -0.39 is 0 Å². The molecule has 0 aromatic rings. The molecule has 0 aromatic carbocycles. The Morgan fingerprint density at radius 3 is 2.24 bits per heavy atom. The third-order valence-electron chi connectivity index (χ3n) is 5.65. The Balaban J connectivity index is 1.83. The number of carbonyl (C=O) groups is 2. The Morgan fingerprint density at radius 2 is 1.57 bits per heavy atom. The van der Waals surface area contributed by atoms with Crippen molar-refractivity contribution >= 4 is 11.8 Å². The van der Waals surface area contributed by atoms with Gasteiger partial charge >= 0.3 is 0 Å². The first-order valence-electron chi connectivity index (χ1n) is 8.61. The van der Waals surface area contributed by atoms with E-state index in [9.17, 15) is 9.59 Å². The summed E-state index contributed by atoms with van der Waals surface area (Å²) in [6.45, 7) is 7.24. The summed E-state index contributed by atoms with van der Waals surface area (Å²) in [4.78, 5) is 29.4. The second-order valence-corrected chi connectivity index (χ2v) is 7.54. The first-order chi connectivity index (χ1) is 9.99. The predicted molar refractivity (Wildman–Crippen MR) is 81.6 cm³/mol. The van der Waals surface area contributed by atoms with Crippen LogP contribution in [0.25, 0.3) is 0 Å². The highest BCUT2D eigenvalue weighted by atomic mass is 16.2. The van der Waals surface area contributed by atoms with Crippen LogP contribution in [0.2, 0.25) is 0 Å². The van der Waals surface area contributed by atoms with E-state index in [4.69, 9.17) is 0 Å². The molecule has 21 heavy (non-hydrogen) atoms. The topological polar surface area (TPSA) is 40.6 Å². The molecule has 4 unspecified atom stereocenters. The second-order valence-electron chi connectivity index (χ2n) is 7.54. The van der Waals surface area contributed by atoms with E-state index >= 15 is 0 Å². The van der Waals surface area contributed by atoms with Crippen LogP contribution in [0.15, 0.2) is 0 Å². The molecule has 3 fully saturated rings. The van der Waals surface area contributed by atoms with Gasteiger partial charge in [0.15, 0.2) is 0 Å². The standard InChI is InChI=1S/C17H28N2O2/c1-11-8-12(2)10-14(9-11)19-13(3)16(20)18-7-5-4-6-15(18)17(19)21/h11-15H,4-10H2,1-3H3. The van der Waals surface area contributed by atoms with Gasteiger partial charge in [0.05, 0.1) is 0 Å². The van der Waals surface area contributed by atoms with E-state index in [1.807, 2.05) is 16.7 Å². The fourth-order valence-corrected chi connectivity index (χ4v) is 4.80. The summed E-state index contributed by atoms with van der Waals surface area (Å²) in [6.07, 6.45) is 6.32. The lowest BCUT2D eigenvalue weighted by Gasteiger charge is -2.50. The van der Waals surface area contributed by atoms with E-state index in [1.54, 1.807) is 0 Å². The van der Waals surface area contributed by atoms with Crippen LogP contribution in [-0.4, -0.2) is 46.3 Å². The van der Waals surface area contributed by atoms with Crippen molar-refractivity contribution in [1.82, 2.24) is 9.80 Å². The van der Waals surface area contributed by atoms with Crippen LogP contribution >= 0.6 is 0 Å². The molecular formula is C17H28N2O2. The first kappa shape index (κ1) is 14.9. The van der Waals surface area contributed by atoms with Gasteiger partial charge in [0.25, 0.3) is 0 Å². The zero-order valence-electron chi connectivity index (χ0n) is 13.5. The lowest BCUT2D eigenvalue weighted by Crippen LogP contribution is -2.67. The molecule has 118 valence electrons. The number of rotatable bonds is 1. The SMILES string of the molecule is CC1CC(C)CC(N2C(=O)C3CCCCN3C(=O)C2C)C1. The zero-order valence-corrected chi connectivity index (χ0v) is 13.5. The number of amides is 2. The highest BCUT2D eigenvalue weighted by molar-refractivity contribution is 5.97. The molecule has 0 bridgehead atoms. The molecule has 0 N–H and O–H groups in total. The largest absolute Gasteiger partial charge is 0.329 e. The van der Waals surface area contributed by atoms with E-state index in [2.05, 4.69) is 13.8 Å². The van der Waals surface area contributed by atoms with Gasteiger partial charge < -0.3 is 9.80 Å². The van der Waals surface area contributed by atoms with Crippen LogP contribution in [-0.2, 0) is 9.59 Å². The lowest BCUT2D eigenvalue weighted by atomic mass is 9.78. The van der Waals surface area contributed by atoms with Crippen LogP contribution in [0.3, 0.4) is 0 Å². The molecular weight excluding hydrogens is 264 g/mol. The smallest absolute Gasteiger partial charge is 0.246 e. The van der Waals surface area contributed by atoms with Crippen molar-refractivity contribution in [2.24, 2.45) is 11.8 Å². The highest BCUT2D eigenvalue weighted by Gasteiger charge is 2.47. The van der Waals surface area contributed by atoms with Crippen molar-refractivity contribution in [1.29, 1.82) is 0 Å². The van der Waals surface area contributed by atoms with Crippen LogP contribution in [0.1, 0.15) is 59.3 Å². The van der Waals surface area contributed by atoms with E-state index in [-0.39, 0.29) is 29.9 Å². The Morgan fingerprint density at radius 1 is 0.905 bits per heavy atom. The van der Waals surface area contributed by atoms with Gasteiger partial charge in [-0.05, 0) is 57.3 Å². The van der Waals surface area contributed by atoms with Crippen LogP contribution in [0, 0.1) is 11.8 Å². The quantitative estimate of drug-likeness (QED) is 0.745. The number of piperazine rings is 1. The van der Waals surface area contributed by atoms with Gasteiger partial charge in [0, 0.05) is 12.6 Å². The number of hydrogen-bond acceptors (Lipinski definition) is 2. The third-order valence-corrected chi connectivity index (χ3v) is 5.65. The number of piperidine rings is 1. The van der Waals surface area contributed by atoms with E-state index in [0.29, 0.717) is 11.8 Å². The summed E-state index contributed by atoms with van der Waals surface area (Å²) in [5.41, 5.74) is 0. The van der Waals surface area contributed by atoms with Gasteiger partial charge in [-0.25, -0.2) is 0 Å². The summed E-state index contributed by atoms with van der Waals surface area (Å²) >= 11 is 0. The summed E-state index contributed by atoms with van der Waals surface area (Å²) in [6, 6.07) is -0.177. The Hall–Kier alpha value is -1.06. The third kappa shape index (κ3) is 2.58. The fourth-order valence-electron chi connectivity index (χ4n) is 4.80. The number of hydrogen-bond donors (Lipinski definition) is 0. The maximum Gasteiger partial charge on any atom is 0.246 e. The molecule has 4 nitrogen and oxygen atoms in total. The average Bonchev–Trinajstić information content (AvgIpc) is 2.44. The van der Waals surface area contributed by atoms with Gasteiger partial charge in [0.1, 0.15) is 12.1 Å². The van der Waals surface area contributed by atoms with Crippen LogP contribution in [0.4, 0.5) is 0 Å². The van der Waals surface area contributed by atoms with Crippen molar-refractivity contribution in [2.75, 3.05) is 6.54 Å². The zero-order chi connectivity index (χ0) is 15.1. The highest BCUT2D eigenvalue weighted by Crippen LogP contribution is 2.36. The number of nitrogens with zero attached hydrogens (tertiary/aromatic N) is 2. The normalized spacial score (nSPS) is 41.2. The first-order valence-corrected chi connectivity index (χ1v) is 8.61. The maximum absolute atomic E-state index is 13.0. The molecule has 1 aliphatic carbocycles. The molecule has 4 atom stereocenters. The van der Waals surface area contributed by atoms with E-state index in [1.165, 1.54) is 6.42 Å². The molecule has 0 aromatic heterocycles. The van der Waals surface area contributed by atoms with Gasteiger partial charge in [-0.1, -0.05) is 13.8 Å². The summed E-state index contributed by atoms with van der Waals surface area (Å²) in [5, 5.41) is 0. The summed E-state index contributed by atoms with van der Waals surface area (Å²) in [7, 11) is 0. The monoisotopic (exact) mass is 292 g/mol. The molecule has 2 aliphatic heterocycles. The average molecular weight is 292 g/mol. The molecule has 2 amide bonds. The van der Waals surface area contributed by atoms with Crippen molar-refractivity contribution < 1.29 is 9.59 Å². The number of carbonyl (C=O) groups excluding carboxylic acids is 2. The van der Waals surface area contributed by atoms with Crippen molar-refractivity contribution in [3.8, 4) is 0 Å². The molecule has 0 spiro atoms. The van der Waals surface area contributed by atoms with E-state index in [0.717, 1.165) is 38.6 Å². The van der Waals surface area contributed by atoms with Crippen molar-refractivity contribution in [3.05, 3.63) is 0 Å². The Labute approximate surface area is 127 Å². The van der Waals surface area contributed by atoms with Gasteiger partial charge in [-0.2, -0.15) is 0 Å². The molecule has 0 radical (unpaired) electrons. The van der Waals surface area contributed by atoms with Crippen molar-refractivity contribution in [3.63, 3.8) is 0 Å². The molecule has 2 heterocycles. The van der Waals surface area contributed by atoms with Crippen LogP contribution in [0.5, 0.6) is 0 Å². The number of fused-ring (bicyclic) bond motifs is 1. The molecule has 2 saturated heterocycles. The van der Waals surface area contributed by atoms with Crippen LogP contribution < -0.4 is 0 Å². The summed E-state index contributed by atoms with van der Waals surface area (Å²) in [5.74, 6) is 1.69. The minimum absolute atomic E-state index is 0.171. The van der Waals surface area contributed by atoms with Crippen molar-refractivity contribution in [2.45, 2.75) is 77.4 Å². The minimum atomic E-state index is -0.269. The lowest BCUT2D eigenvalue weighted by molar-refractivity contribution is -0.167. The summed E-state index contributed by atoms with van der Waals surface area (Å²) < 4.78 is 0. The maximum atomic E-state index is 13.0. The Bertz CT molecular complexity index is 427. The predicted octanol–water partition coefficient (Wildman–Crippen LogP) is 2.42. The van der Waals surface area contributed by atoms with Gasteiger partial charge in [0.2, 0.25) is 11.8 Å².